The Bertz CT molecular complexity index is 182. The van der Waals surface area contributed by atoms with Gasteiger partial charge in [-0.15, -0.1) is 0 Å². The van der Waals surface area contributed by atoms with Crippen LogP contribution in [0.5, 0.6) is 0 Å². The molecule has 15 heavy (non-hydrogen) atoms. The minimum atomic E-state index is 0.322. The van der Waals surface area contributed by atoms with E-state index in [1.165, 1.54) is 32.1 Å². The Morgan fingerprint density at radius 1 is 1.13 bits per heavy atom. The monoisotopic (exact) mass is 212 g/mol. The highest BCUT2D eigenvalue weighted by Crippen LogP contribution is 2.33. The van der Waals surface area contributed by atoms with Crippen LogP contribution in [0.2, 0.25) is 0 Å². The Morgan fingerprint density at radius 2 is 1.93 bits per heavy atom. The smallest absolute Gasteiger partial charge is 0.0704 e. The molecule has 3 heteroatoms. The molecule has 2 unspecified atom stereocenters. The SMILES string of the molecule is NCC1CCC(CNCCCC2CC2)O1. The van der Waals surface area contributed by atoms with E-state index in [0.29, 0.717) is 18.8 Å². The van der Waals surface area contributed by atoms with E-state index in [1.54, 1.807) is 0 Å². The molecule has 0 bridgehead atoms. The lowest BCUT2D eigenvalue weighted by Crippen LogP contribution is -2.29. The van der Waals surface area contributed by atoms with Crippen LogP contribution in [0, 0.1) is 5.92 Å². The summed E-state index contributed by atoms with van der Waals surface area (Å²) in [6, 6.07) is 0. The van der Waals surface area contributed by atoms with Crippen LogP contribution in [-0.2, 0) is 4.74 Å². The summed E-state index contributed by atoms with van der Waals surface area (Å²) in [6.45, 7) is 2.85. The number of nitrogens with two attached hydrogens (primary N) is 1. The van der Waals surface area contributed by atoms with Gasteiger partial charge in [-0.05, 0) is 38.1 Å². The molecule has 1 saturated carbocycles. The summed E-state index contributed by atoms with van der Waals surface area (Å²) in [5.74, 6) is 1.07. The molecule has 2 aliphatic rings. The van der Waals surface area contributed by atoms with E-state index >= 15 is 0 Å². The molecule has 1 heterocycles. The van der Waals surface area contributed by atoms with Gasteiger partial charge in [0.15, 0.2) is 0 Å². The topological polar surface area (TPSA) is 47.3 Å². The van der Waals surface area contributed by atoms with Gasteiger partial charge in [0.1, 0.15) is 0 Å². The third kappa shape index (κ3) is 4.09. The van der Waals surface area contributed by atoms with Crippen LogP contribution in [-0.4, -0.2) is 31.8 Å². The summed E-state index contributed by atoms with van der Waals surface area (Å²) in [5, 5.41) is 3.49. The van der Waals surface area contributed by atoms with Gasteiger partial charge in [-0.2, -0.15) is 0 Å². The Kier molecular flexibility index (Phi) is 4.42. The second-order valence-electron chi connectivity index (χ2n) is 4.98. The molecule has 0 aromatic carbocycles. The van der Waals surface area contributed by atoms with Crippen LogP contribution in [0.15, 0.2) is 0 Å². The largest absolute Gasteiger partial charge is 0.372 e. The lowest BCUT2D eigenvalue weighted by atomic mass is 10.2. The highest BCUT2D eigenvalue weighted by Gasteiger charge is 2.23. The lowest BCUT2D eigenvalue weighted by Gasteiger charge is -2.13. The summed E-state index contributed by atoms with van der Waals surface area (Å²) in [5.41, 5.74) is 5.57. The van der Waals surface area contributed by atoms with E-state index in [0.717, 1.165) is 25.4 Å². The third-order valence-electron chi connectivity index (χ3n) is 3.49. The maximum absolute atomic E-state index is 5.76. The van der Waals surface area contributed by atoms with Crippen molar-refractivity contribution in [2.45, 2.75) is 50.7 Å². The highest BCUT2D eigenvalue weighted by atomic mass is 16.5. The Morgan fingerprint density at radius 3 is 2.60 bits per heavy atom. The summed E-state index contributed by atoms with van der Waals surface area (Å²) in [6.07, 6.45) is 8.76. The van der Waals surface area contributed by atoms with Gasteiger partial charge < -0.3 is 15.8 Å². The summed E-state index contributed by atoms with van der Waals surface area (Å²) in [4.78, 5) is 0. The summed E-state index contributed by atoms with van der Waals surface area (Å²) in [7, 11) is 0. The van der Waals surface area contributed by atoms with Crippen molar-refractivity contribution in [3.8, 4) is 0 Å². The van der Waals surface area contributed by atoms with E-state index in [2.05, 4.69) is 5.32 Å². The number of nitrogens with one attached hydrogen (secondary N) is 1. The standard InChI is InChI=1S/C12H24N2O/c13-8-11-5-6-12(15-11)9-14-7-1-2-10-3-4-10/h10-12,14H,1-9,13H2. The minimum Gasteiger partial charge on any atom is -0.372 e. The van der Waals surface area contributed by atoms with Crippen LogP contribution in [0.25, 0.3) is 0 Å². The molecule has 0 amide bonds. The van der Waals surface area contributed by atoms with Crippen molar-refractivity contribution in [2.24, 2.45) is 11.7 Å². The molecule has 0 spiro atoms. The van der Waals surface area contributed by atoms with Crippen LogP contribution in [0.4, 0.5) is 0 Å². The molecule has 2 rings (SSSR count). The van der Waals surface area contributed by atoms with E-state index in [1.807, 2.05) is 0 Å². The normalized spacial score (nSPS) is 31.0. The fraction of sp³-hybridized carbons (Fsp3) is 1.00. The van der Waals surface area contributed by atoms with Gasteiger partial charge in [-0.3, -0.25) is 0 Å². The maximum atomic E-state index is 5.76. The second-order valence-corrected chi connectivity index (χ2v) is 4.98. The van der Waals surface area contributed by atoms with Gasteiger partial charge >= 0.3 is 0 Å². The highest BCUT2D eigenvalue weighted by molar-refractivity contribution is 4.76. The Labute approximate surface area is 92.7 Å². The third-order valence-corrected chi connectivity index (χ3v) is 3.49. The van der Waals surface area contributed by atoms with E-state index in [4.69, 9.17) is 10.5 Å². The minimum absolute atomic E-state index is 0.322. The first-order chi connectivity index (χ1) is 7.38. The first-order valence-corrected chi connectivity index (χ1v) is 6.44. The van der Waals surface area contributed by atoms with Crippen LogP contribution < -0.4 is 11.1 Å². The Hall–Kier alpha value is -0.120. The van der Waals surface area contributed by atoms with Gasteiger partial charge in [-0.25, -0.2) is 0 Å². The zero-order valence-corrected chi connectivity index (χ0v) is 9.58. The van der Waals surface area contributed by atoms with Crippen molar-refractivity contribution >= 4 is 0 Å². The second kappa shape index (κ2) is 5.83. The van der Waals surface area contributed by atoms with Gasteiger partial charge in [0.2, 0.25) is 0 Å². The first-order valence-electron chi connectivity index (χ1n) is 6.44. The van der Waals surface area contributed by atoms with Crippen LogP contribution >= 0.6 is 0 Å². The molecule has 2 atom stereocenters. The average Bonchev–Trinajstić information content (AvgIpc) is 2.96. The number of rotatable bonds is 7. The zero-order chi connectivity index (χ0) is 10.5. The van der Waals surface area contributed by atoms with Crippen LogP contribution in [0.3, 0.4) is 0 Å². The number of ether oxygens (including phenoxy) is 1. The van der Waals surface area contributed by atoms with Gasteiger partial charge in [-0.1, -0.05) is 12.8 Å². The van der Waals surface area contributed by atoms with Crippen molar-refractivity contribution < 1.29 is 4.74 Å². The lowest BCUT2D eigenvalue weighted by molar-refractivity contribution is 0.0505. The summed E-state index contributed by atoms with van der Waals surface area (Å²) < 4.78 is 5.76. The van der Waals surface area contributed by atoms with Crippen LogP contribution in [0.1, 0.15) is 38.5 Å². The number of hydrogen-bond donors (Lipinski definition) is 2. The molecule has 1 aliphatic heterocycles. The van der Waals surface area contributed by atoms with Crippen molar-refractivity contribution in [1.29, 1.82) is 0 Å². The molecular weight excluding hydrogens is 188 g/mol. The average molecular weight is 212 g/mol. The summed E-state index contributed by atoms with van der Waals surface area (Å²) >= 11 is 0. The fourth-order valence-corrected chi connectivity index (χ4v) is 2.29. The molecule has 1 saturated heterocycles. The molecule has 2 fully saturated rings. The molecule has 3 nitrogen and oxygen atoms in total. The van der Waals surface area contributed by atoms with E-state index < -0.39 is 0 Å². The zero-order valence-electron chi connectivity index (χ0n) is 9.58. The molecule has 88 valence electrons. The predicted molar refractivity (Wildman–Crippen MR) is 61.8 cm³/mol. The molecule has 0 radical (unpaired) electrons. The molecule has 1 aliphatic carbocycles. The Balaban J connectivity index is 1.43. The number of hydrogen-bond acceptors (Lipinski definition) is 3. The molecule has 3 N–H and O–H groups in total. The van der Waals surface area contributed by atoms with Gasteiger partial charge in [0.05, 0.1) is 12.2 Å². The first kappa shape index (κ1) is 11.4. The van der Waals surface area contributed by atoms with Crippen molar-refractivity contribution in [1.82, 2.24) is 5.32 Å². The molecule has 0 aromatic heterocycles. The maximum Gasteiger partial charge on any atom is 0.0704 e. The van der Waals surface area contributed by atoms with Crippen molar-refractivity contribution in [3.63, 3.8) is 0 Å². The van der Waals surface area contributed by atoms with Crippen molar-refractivity contribution in [3.05, 3.63) is 0 Å². The quantitative estimate of drug-likeness (QED) is 0.625. The van der Waals surface area contributed by atoms with Gasteiger partial charge in [0, 0.05) is 13.1 Å². The molecule has 0 aromatic rings. The van der Waals surface area contributed by atoms with E-state index in [-0.39, 0.29) is 0 Å². The van der Waals surface area contributed by atoms with E-state index in [9.17, 15) is 0 Å². The predicted octanol–water partition coefficient (Wildman–Crippen LogP) is 1.27. The molecular formula is C12H24N2O. The van der Waals surface area contributed by atoms with Crippen molar-refractivity contribution in [2.75, 3.05) is 19.6 Å². The van der Waals surface area contributed by atoms with Gasteiger partial charge in [0.25, 0.3) is 0 Å². The fourth-order valence-electron chi connectivity index (χ4n) is 2.29.